The van der Waals surface area contributed by atoms with Crippen LogP contribution in [0.2, 0.25) is 5.02 Å². The molecule has 0 radical (unpaired) electrons. The molecule has 1 N–H and O–H groups in total. The second-order valence-electron chi connectivity index (χ2n) is 6.66. The van der Waals surface area contributed by atoms with Gasteiger partial charge in [-0.25, -0.2) is 4.79 Å². The van der Waals surface area contributed by atoms with E-state index in [2.05, 4.69) is 20.8 Å². The first-order chi connectivity index (χ1) is 14.5. The highest BCUT2D eigenvalue weighted by Gasteiger charge is 2.10. The molecule has 0 saturated carbocycles. The summed E-state index contributed by atoms with van der Waals surface area (Å²) in [7, 11) is 0. The minimum atomic E-state index is -1.05. The summed E-state index contributed by atoms with van der Waals surface area (Å²) in [5.74, 6) is 0.111. The molecule has 0 aliphatic carbocycles. The number of ether oxygens (including phenoxy) is 3. The zero-order valence-corrected chi connectivity index (χ0v) is 19.5. The Kier molecular flexibility index (Phi) is 9.14. The quantitative estimate of drug-likeness (QED) is 0.454. The number of halogens is 2. The van der Waals surface area contributed by atoms with E-state index >= 15 is 0 Å². The van der Waals surface area contributed by atoms with Gasteiger partial charge < -0.3 is 19.3 Å². The number of carboxylic acids is 1. The normalized spacial score (nSPS) is 14.5. The predicted octanol–water partition coefficient (Wildman–Crippen LogP) is 4.82. The van der Waals surface area contributed by atoms with Gasteiger partial charge in [0.2, 0.25) is 0 Å². The first kappa shape index (κ1) is 23.2. The summed E-state index contributed by atoms with van der Waals surface area (Å²) in [4.78, 5) is 14.9. The summed E-state index contributed by atoms with van der Waals surface area (Å²) in [6.45, 7) is 4.82. The van der Waals surface area contributed by atoms with E-state index in [1.165, 1.54) is 11.8 Å². The first-order valence-electron chi connectivity index (χ1n) is 9.55. The van der Waals surface area contributed by atoms with Gasteiger partial charge in [-0.3, -0.25) is 4.90 Å². The van der Waals surface area contributed by atoms with Gasteiger partial charge in [-0.05, 0) is 42.8 Å². The highest BCUT2D eigenvalue weighted by atomic mass is 79.9. The Morgan fingerprint density at radius 3 is 2.70 bits per heavy atom. The molecule has 0 atom stereocenters. The van der Waals surface area contributed by atoms with Crippen molar-refractivity contribution in [1.82, 2.24) is 4.90 Å². The van der Waals surface area contributed by atoms with E-state index < -0.39 is 12.6 Å². The van der Waals surface area contributed by atoms with Crippen LogP contribution in [0, 0.1) is 0 Å². The molecule has 6 nitrogen and oxygen atoms in total. The number of carboxylic acid groups (broad SMARTS) is 1. The molecule has 1 heterocycles. The van der Waals surface area contributed by atoms with Gasteiger partial charge in [0.05, 0.1) is 24.8 Å². The second kappa shape index (κ2) is 11.8. The van der Waals surface area contributed by atoms with Crippen LogP contribution < -0.4 is 9.47 Å². The van der Waals surface area contributed by atoms with Crippen molar-refractivity contribution >= 4 is 45.3 Å². The molecular weight excluding hydrogens is 494 g/mol. The summed E-state index contributed by atoms with van der Waals surface area (Å²) in [5, 5.41) is 9.09. The molecule has 3 rings (SSSR count). The Balaban J connectivity index is 1.54. The lowest BCUT2D eigenvalue weighted by Crippen LogP contribution is -2.37. The summed E-state index contributed by atoms with van der Waals surface area (Å²) in [5.41, 5.74) is 0. The highest BCUT2D eigenvalue weighted by molar-refractivity contribution is 9.10. The molecule has 1 fully saturated rings. The first-order valence-corrected chi connectivity index (χ1v) is 11.5. The molecule has 0 amide bonds. The van der Waals surface area contributed by atoms with Crippen LogP contribution in [0.1, 0.15) is 6.42 Å². The molecule has 0 bridgehead atoms. The van der Waals surface area contributed by atoms with Gasteiger partial charge in [0.15, 0.2) is 6.61 Å². The maximum absolute atomic E-state index is 10.6. The standard InChI is InChI=1S/C21H23BrClNO5S/c22-15-10-16(28-7-1-4-24-5-8-27-9-6-24)12-18(11-15)30-17-2-3-20(19(23)13-17)29-14-21(25)26/h2-3,10-13H,1,4-9,14H2,(H,25,26). The molecule has 0 aromatic heterocycles. The van der Waals surface area contributed by atoms with Gasteiger partial charge in [0.1, 0.15) is 11.5 Å². The molecule has 2 aromatic carbocycles. The van der Waals surface area contributed by atoms with Gasteiger partial charge >= 0.3 is 5.97 Å². The topological polar surface area (TPSA) is 68.2 Å². The van der Waals surface area contributed by atoms with Crippen LogP contribution in [0.5, 0.6) is 11.5 Å². The predicted molar refractivity (Wildman–Crippen MR) is 120 cm³/mol. The molecule has 162 valence electrons. The van der Waals surface area contributed by atoms with E-state index in [1.54, 1.807) is 12.1 Å². The number of carbonyl (C=O) groups is 1. The Hall–Kier alpha value is -1.45. The number of aliphatic carboxylic acids is 1. The molecule has 1 aliphatic rings. The van der Waals surface area contributed by atoms with E-state index in [9.17, 15) is 4.79 Å². The van der Waals surface area contributed by atoms with E-state index in [0.29, 0.717) is 17.4 Å². The minimum absolute atomic E-state index is 0.349. The SMILES string of the molecule is O=C(O)COc1ccc(Sc2cc(Br)cc(OCCCN3CCOCC3)c2)cc1Cl. The number of nitrogens with zero attached hydrogens (tertiary/aromatic N) is 1. The third kappa shape index (κ3) is 7.67. The summed E-state index contributed by atoms with van der Waals surface area (Å²) in [6, 6.07) is 11.2. The van der Waals surface area contributed by atoms with Crippen LogP contribution in [0.25, 0.3) is 0 Å². The van der Waals surface area contributed by atoms with Crippen molar-refractivity contribution in [3.05, 3.63) is 45.9 Å². The third-order valence-electron chi connectivity index (χ3n) is 4.33. The number of hydrogen-bond acceptors (Lipinski definition) is 6. The van der Waals surface area contributed by atoms with Gasteiger partial charge in [0.25, 0.3) is 0 Å². The summed E-state index contributed by atoms with van der Waals surface area (Å²) in [6.07, 6.45) is 0.961. The van der Waals surface area contributed by atoms with Crippen molar-refractivity contribution in [2.45, 2.75) is 16.2 Å². The van der Waals surface area contributed by atoms with Gasteiger partial charge in [-0.15, -0.1) is 0 Å². The van der Waals surface area contributed by atoms with Crippen LogP contribution in [0.4, 0.5) is 0 Å². The molecular formula is C21H23BrClNO5S. The Morgan fingerprint density at radius 1 is 1.17 bits per heavy atom. The zero-order valence-electron chi connectivity index (χ0n) is 16.3. The monoisotopic (exact) mass is 515 g/mol. The molecule has 2 aromatic rings. The Morgan fingerprint density at radius 2 is 1.97 bits per heavy atom. The average molecular weight is 517 g/mol. The molecule has 0 unspecified atom stereocenters. The zero-order chi connectivity index (χ0) is 21.3. The van der Waals surface area contributed by atoms with Crippen molar-refractivity contribution in [2.75, 3.05) is 46.1 Å². The van der Waals surface area contributed by atoms with Crippen molar-refractivity contribution in [2.24, 2.45) is 0 Å². The van der Waals surface area contributed by atoms with Crippen molar-refractivity contribution in [3.63, 3.8) is 0 Å². The average Bonchev–Trinajstić information content (AvgIpc) is 2.71. The van der Waals surface area contributed by atoms with Crippen LogP contribution in [0.3, 0.4) is 0 Å². The van der Waals surface area contributed by atoms with Crippen molar-refractivity contribution < 1.29 is 24.1 Å². The second-order valence-corrected chi connectivity index (χ2v) is 9.13. The fourth-order valence-corrected chi connectivity index (χ4v) is 4.79. The lowest BCUT2D eigenvalue weighted by atomic mass is 10.3. The fourth-order valence-electron chi connectivity index (χ4n) is 2.92. The highest BCUT2D eigenvalue weighted by Crippen LogP contribution is 2.36. The number of benzene rings is 2. The number of hydrogen-bond donors (Lipinski definition) is 1. The molecule has 9 heteroatoms. The van der Waals surface area contributed by atoms with Gasteiger partial charge in [-0.1, -0.05) is 39.3 Å². The Labute approximate surface area is 193 Å². The van der Waals surface area contributed by atoms with Crippen LogP contribution in [-0.2, 0) is 9.53 Å². The van der Waals surface area contributed by atoms with E-state index in [0.717, 1.165) is 59.3 Å². The van der Waals surface area contributed by atoms with E-state index in [4.69, 9.17) is 30.9 Å². The molecule has 0 spiro atoms. The lowest BCUT2D eigenvalue weighted by Gasteiger charge is -2.26. The maximum atomic E-state index is 10.6. The molecule has 30 heavy (non-hydrogen) atoms. The largest absolute Gasteiger partial charge is 0.493 e. The van der Waals surface area contributed by atoms with Crippen LogP contribution in [0.15, 0.2) is 50.7 Å². The summed E-state index contributed by atoms with van der Waals surface area (Å²) >= 11 is 11.3. The molecule has 1 saturated heterocycles. The van der Waals surface area contributed by atoms with Crippen LogP contribution >= 0.6 is 39.3 Å². The number of rotatable bonds is 10. The van der Waals surface area contributed by atoms with Crippen molar-refractivity contribution in [3.8, 4) is 11.5 Å². The van der Waals surface area contributed by atoms with Gasteiger partial charge in [-0.2, -0.15) is 0 Å². The van der Waals surface area contributed by atoms with E-state index in [1.807, 2.05) is 24.3 Å². The lowest BCUT2D eigenvalue weighted by molar-refractivity contribution is -0.139. The molecule has 1 aliphatic heterocycles. The third-order valence-corrected chi connectivity index (χ3v) is 6.04. The van der Waals surface area contributed by atoms with E-state index in [-0.39, 0.29) is 0 Å². The number of morpholine rings is 1. The van der Waals surface area contributed by atoms with Crippen LogP contribution in [-0.4, -0.2) is 62.0 Å². The Bertz CT molecular complexity index is 863. The van der Waals surface area contributed by atoms with Gasteiger partial charge in [0, 0.05) is 33.9 Å². The van der Waals surface area contributed by atoms with Crippen molar-refractivity contribution in [1.29, 1.82) is 0 Å². The smallest absolute Gasteiger partial charge is 0.341 e. The summed E-state index contributed by atoms with van der Waals surface area (Å²) < 4.78 is 17.4. The maximum Gasteiger partial charge on any atom is 0.341 e. The minimum Gasteiger partial charge on any atom is -0.493 e. The fraction of sp³-hybridized carbons (Fsp3) is 0.381.